The lowest BCUT2D eigenvalue weighted by Gasteiger charge is -2.33. The summed E-state index contributed by atoms with van der Waals surface area (Å²) in [5.74, 6) is 1.62. The minimum absolute atomic E-state index is 0.0241. The van der Waals surface area contributed by atoms with E-state index in [-0.39, 0.29) is 18.4 Å². The van der Waals surface area contributed by atoms with Gasteiger partial charge in [-0.3, -0.25) is 4.79 Å². The number of aryl methyl sites for hydroxylation is 1. The number of carbonyl (C=O) groups excluding carboxylic acids is 1. The van der Waals surface area contributed by atoms with Gasteiger partial charge >= 0.3 is 0 Å². The fourth-order valence-corrected chi connectivity index (χ4v) is 3.67. The monoisotopic (exact) mass is 406 g/mol. The van der Waals surface area contributed by atoms with Crippen molar-refractivity contribution in [3.63, 3.8) is 0 Å². The normalized spacial score (nSPS) is 16.3. The molecule has 1 amide bonds. The lowest BCUT2D eigenvalue weighted by Crippen LogP contribution is -2.43. The molecule has 0 saturated carbocycles. The molecule has 2 heterocycles. The molecule has 0 radical (unpaired) electrons. The summed E-state index contributed by atoms with van der Waals surface area (Å²) >= 11 is 0. The van der Waals surface area contributed by atoms with Crippen molar-refractivity contribution >= 4 is 11.6 Å². The molecule has 1 aliphatic rings. The van der Waals surface area contributed by atoms with Gasteiger partial charge in [-0.15, -0.1) is 0 Å². The number of anilines is 1. The van der Waals surface area contributed by atoms with Gasteiger partial charge in [-0.1, -0.05) is 22.9 Å². The highest BCUT2D eigenvalue weighted by Gasteiger charge is 2.26. The maximum absolute atomic E-state index is 12.7. The molecular formula is C23H26N4O3. The van der Waals surface area contributed by atoms with Gasteiger partial charge in [0.2, 0.25) is 17.6 Å². The Kier molecular flexibility index (Phi) is 5.97. The number of hydrogen-bond donors (Lipinski definition) is 1. The van der Waals surface area contributed by atoms with E-state index in [1.165, 1.54) is 11.3 Å². The van der Waals surface area contributed by atoms with Crippen LogP contribution >= 0.6 is 0 Å². The minimum atomic E-state index is -0.0518. The molecule has 3 aromatic rings. The number of benzene rings is 2. The van der Waals surface area contributed by atoms with Gasteiger partial charge in [0, 0.05) is 24.3 Å². The van der Waals surface area contributed by atoms with Gasteiger partial charge in [0.25, 0.3) is 0 Å². The Bertz CT molecular complexity index is 982. The summed E-state index contributed by atoms with van der Waals surface area (Å²) in [5, 5.41) is 6.96. The highest BCUT2D eigenvalue weighted by Crippen LogP contribution is 2.24. The van der Waals surface area contributed by atoms with Crippen LogP contribution in [0.2, 0.25) is 0 Å². The molecule has 1 unspecified atom stereocenters. The molecule has 0 bridgehead atoms. The molecule has 4 rings (SSSR count). The fourth-order valence-electron chi connectivity index (χ4n) is 3.67. The van der Waals surface area contributed by atoms with E-state index in [0.717, 1.165) is 37.2 Å². The number of aromatic nitrogens is 2. The summed E-state index contributed by atoms with van der Waals surface area (Å²) in [6, 6.07) is 15.9. The van der Waals surface area contributed by atoms with Crippen molar-refractivity contribution < 1.29 is 14.1 Å². The molecule has 7 heteroatoms. The Morgan fingerprint density at radius 1 is 1.20 bits per heavy atom. The Hall–Kier alpha value is -3.35. The van der Waals surface area contributed by atoms with E-state index in [0.29, 0.717) is 11.7 Å². The van der Waals surface area contributed by atoms with Crippen molar-refractivity contribution in [3.8, 4) is 17.1 Å². The number of ether oxygens (including phenoxy) is 1. The average Bonchev–Trinajstić information content (AvgIpc) is 3.27. The lowest BCUT2D eigenvalue weighted by molar-refractivity contribution is -0.125. The molecular weight excluding hydrogens is 380 g/mol. The second-order valence-electron chi connectivity index (χ2n) is 7.58. The maximum Gasteiger partial charge on any atom is 0.246 e. The number of amides is 1. The average molecular weight is 406 g/mol. The number of methoxy groups -OCH3 is 1. The van der Waals surface area contributed by atoms with Gasteiger partial charge in [0.1, 0.15) is 5.75 Å². The number of carbonyl (C=O) groups is 1. The number of rotatable bonds is 6. The first kappa shape index (κ1) is 19.9. The molecule has 30 heavy (non-hydrogen) atoms. The van der Waals surface area contributed by atoms with Crippen LogP contribution in [0.4, 0.5) is 5.69 Å². The van der Waals surface area contributed by atoms with Gasteiger partial charge in [0.05, 0.1) is 19.6 Å². The summed E-state index contributed by atoms with van der Waals surface area (Å²) in [4.78, 5) is 19.4. The summed E-state index contributed by atoms with van der Waals surface area (Å²) < 4.78 is 10.5. The van der Waals surface area contributed by atoms with Crippen molar-refractivity contribution in [3.05, 3.63) is 60.0 Å². The molecule has 1 fully saturated rings. The predicted molar refractivity (Wildman–Crippen MR) is 114 cm³/mol. The van der Waals surface area contributed by atoms with Crippen molar-refractivity contribution in [2.45, 2.75) is 26.3 Å². The van der Waals surface area contributed by atoms with Crippen LogP contribution < -0.4 is 15.0 Å². The van der Waals surface area contributed by atoms with Crippen molar-refractivity contribution in [2.75, 3.05) is 25.1 Å². The zero-order chi connectivity index (χ0) is 20.9. The van der Waals surface area contributed by atoms with E-state index in [1.807, 2.05) is 24.3 Å². The van der Waals surface area contributed by atoms with Crippen LogP contribution in [0.15, 0.2) is 53.1 Å². The quantitative estimate of drug-likeness (QED) is 0.674. The van der Waals surface area contributed by atoms with Crippen molar-refractivity contribution in [1.82, 2.24) is 15.5 Å². The van der Waals surface area contributed by atoms with Crippen molar-refractivity contribution in [1.29, 1.82) is 0 Å². The van der Waals surface area contributed by atoms with Gasteiger partial charge in [-0.25, -0.2) is 0 Å². The van der Waals surface area contributed by atoms with E-state index >= 15 is 0 Å². The third-order valence-corrected chi connectivity index (χ3v) is 5.42. The molecule has 0 aliphatic carbocycles. The Morgan fingerprint density at radius 2 is 1.97 bits per heavy atom. The SMILES string of the molecule is COc1ccc(-c2noc(CNC(=O)C3CCCN(c4ccc(C)cc4)C3)n2)cc1. The molecule has 1 N–H and O–H groups in total. The van der Waals surface area contributed by atoms with E-state index in [1.54, 1.807) is 7.11 Å². The smallest absolute Gasteiger partial charge is 0.246 e. The Labute approximate surface area is 176 Å². The molecule has 156 valence electrons. The van der Waals surface area contributed by atoms with E-state index in [2.05, 4.69) is 51.5 Å². The molecule has 1 atom stereocenters. The second kappa shape index (κ2) is 8.98. The summed E-state index contributed by atoms with van der Waals surface area (Å²) in [7, 11) is 1.62. The molecule has 0 spiro atoms. The third-order valence-electron chi connectivity index (χ3n) is 5.42. The molecule has 1 saturated heterocycles. The Balaban J connectivity index is 1.33. The zero-order valence-electron chi connectivity index (χ0n) is 17.3. The number of nitrogens with zero attached hydrogens (tertiary/aromatic N) is 3. The summed E-state index contributed by atoms with van der Waals surface area (Å²) in [6.45, 7) is 3.99. The topological polar surface area (TPSA) is 80.5 Å². The molecule has 1 aliphatic heterocycles. The minimum Gasteiger partial charge on any atom is -0.497 e. The lowest BCUT2D eigenvalue weighted by atomic mass is 9.96. The van der Waals surface area contributed by atoms with Gasteiger partial charge < -0.3 is 19.5 Å². The van der Waals surface area contributed by atoms with Crippen LogP contribution in [0.5, 0.6) is 5.75 Å². The number of nitrogens with one attached hydrogen (secondary N) is 1. The summed E-state index contributed by atoms with van der Waals surface area (Å²) in [6.07, 6.45) is 1.88. The zero-order valence-corrected chi connectivity index (χ0v) is 17.3. The molecule has 1 aromatic heterocycles. The predicted octanol–water partition coefficient (Wildman–Crippen LogP) is 3.59. The van der Waals surface area contributed by atoms with Crippen LogP contribution in [-0.4, -0.2) is 36.2 Å². The fraction of sp³-hybridized carbons (Fsp3) is 0.348. The standard InChI is InChI=1S/C23H26N4O3/c1-16-5-9-19(10-6-16)27-13-3-4-18(15-27)23(28)24-14-21-25-22(26-30-21)17-7-11-20(29-2)12-8-17/h5-12,18H,3-4,13-15H2,1-2H3,(H,24,28). The number of hydrogen-bond acceptors (Lipinski definition) is 6. The third kappa shape index (κ3) is 4.62. The maximum atomic E-state index is 12.7. The van der Waals surface area contributed by atoms with Crippen LogP contribution in [0.25, 0.3) is 11.4 Å². The first-order chi connectivity index (χ1) is 14.6. The summed E-state index contributed by atoms with van der Waals surface area (Å²) in [5.41, 5.74) is 3.23. The first-order valence-electron chi connectivity index (χ1n) is 10.2. The van der Waals surface area contributed by atoms with E-state index in [4.69, 9.17) is 9.26 Å². The second-order valence-corrected chi connectivity index (χ2v) is 7.58. The van der Waals surface area contributed by atoms with Crippen molar-refractivity contribution in [2.24, 2.45) is 5.92 Å². The van der Waals surface area contributed by atoms with E-state index < -0.39 is 0 Å². The highest BCUT2D eigenvalue weighted by atomic mass is 16.5. The van der Waals surface area contributed by atoms with Crippen LogP contribution in [-0.2, 0) is 11.3 Å². The molecule has 2 aromatic carbocycles. The Morgan fingerprint density at radius 3 is 2.70 bits per heavy atom. The van der Waals surface area contributed by atoms with Gasteiger partial charge in [-0.05, 0) is 56.2 Å². The first-order valence-corrected chi connectivity index (χ1v) is 10.2. The number of piperidine rings is 1. The largest absolute Gasteiger partial charge is 0.497 e. The van der Waals surface area contributed by atoms with Crippen LogP contribution in [0.1, 0.15) is 24.3 Å². The van der Waals surface area contributed by atoms with Crippen LogP contribution in [0.3, 0.4) is 0 Å². The van der Waals surface area contributed by atoms with E-state index in [9.17, 15) is 4.79 Å². The highest BCUT2D eigenvalue weighted by molar-refractivity contribution is 5.79. The van der Waals surface area contributed by atoms with Crippen LogP contribution in [0, 0.1) is 12.8 Å². The van der Waals surface area contributed by atoms with Gasteiger partial charge in [-0.2, -0.15) is 4.98 Å². The van der Waals surface area contributed by atoms with Gasteiger partial charge in [0.15, 0.2) is 0 Å². The molecule has 7 nitrogen and oxygen atoms in total.